The van der Waals surface area contributed by atoms with Crippen LogP contribution in [0.3, 0.4) is 0 Å². The molecular weight excluding hydrogens is 450 g/mol. The van der Waals surface area contributed by atoms with Crippen molar-refractivity contribution >= 4 is 11.6 Å². The molecule has 1 amide bonds. The van der Waals surface area contributed by atoms with E-state index in [1.54, 1.807) is 29.8 Å². The minimum Gasteiger partial charge on any atom is -0.344 e. The highest BCUT2D eigenvalue weighted by Gasteiger charge is 2.21. The molecule has 1 aromatic carbocycles. The Hall–Kier alpha value is -4.53. The number of benzene rings is 1. The summed E-state index contributed by atoms with van der Waals surface area (Å²) in [5.74, 6) is -1.52. The standard InChI is InChI=1S/C26H20F2N6O/c1-15-8-9-22(29-12-15)20-10-18(26(35)31-16(2)23-21(28)11-19(27)13-30-23)14-34-24(32-33-25(20)34)17-6-4-3-5-7-17/h3-14,16H,1-2H3,(H,31,35). The minimum atomic E-state index is -0.831. The number of amides is 1. The van der Waals surface area contributed by atoms with E-state index in [2.05, 4.69) is 25.5 Å². The van der Waals surface area contributed by atoms with E-state index in [1.165, 1.54) is 0 Å². The Kier molecular flexibility index (Phi) is 5.74. The van der Waals surface area contributed by atoms with E-state index >= 15 is 0 Å². The van der Waals surface area contributed by atoms with Gasteiger partial charge < -0.3 is 5.32 Å². The summed E-state index contributed by atoms with van der Waals surface area (Å²) in [5, 5.41) is 11.5. The number of halogens is 2. The number of hydrogen-bond donors (Lipinski definition) is 1. The summed E-state index contributed by atoms with van der Waals surface area (Å²) < 4.78 is 29.2. The number of pyridine rings is 3. The zero-order chi connectivity index (χ0) is 24.5. The molecule has 1 atom stereocenters. The Morgan fingerprint density at radius 2 is 1.80 bits per heavy atom. The zero-order valence-corrected chi connectivity index (χ0v) is 18.9. The zero-order valence-electron chi connectivity index (χ0n) is 18.9. The van der Waals surface area contributed by atoms with Crippen molar-refractivity contribution in [2.24, 2.45) is 0 Å². The van der Waals surface area contributed by atoms with Crippen molar-refractivity contribution in [3.63, 3.8) is 0 Å². The molecule has 1 unspecified atom stereocenters. The summed E-state index contributed by atoms with van der Waals surface area (Å²) in [7, 11) is 0. The number of hydrogen-bond acceptors (Lipinski definition) is 5. The highest BCUT2D eigenvalue weighted by atomic mass is 19.1. The van der Waals surface area contributed by atoms with Gasteiger partial charge in [0.2, 0.25) is 0 Å². The lowest BCUT2D eigenvalue weighted by Gasteiger charge is -2.15. The number of rotatable bonds is 5. The van der Waals surface area contributed by atoms with Gasteiger partial charge in [0.05, 0.1) is 29.2 Å². The largest absolute Gasteiger partial charge is 0.344 e. The summed E-state index contributed by atoms with van der Waals surface area (Å²) in [4.78, 5) is 21.5. The van der Waals surface area contributed by atoms with Crippen LogP contribution in [0.4, 0.5) is 8.78 Å². The van der Waals surface area contributed by atoms with Crippen LogP contribution in [0.25, 0.3) is 28.3 Å². The Morgan fingerprint density at radius 1 is 1.00 bits per heavy atom. The van der Waals surface area contributed by atoms with Crippen LogP contribution in [0.1, 0.15) is 34.6 Å². The van der Waals surface area contributed by atoms with Gasteiger partial charge in [-0.2, -0.15) is 0 Å². The number of nitrogens with zero attached hydrogens (tertiary/aromatic N) is 5. The minimum absolute atomic E-state index is 0.0597. The van der Waals surface area contributed by atoms with Crippen LogP contribution < -0.4 is 5.32 Å². The number of nitrogens with one attached hydrogen (secondary N) is 1. The van der Waals surface area contributed by atoms with Crippen LogP contribution in [-0.2, 0) is 0 Å². The van der Waals surface area contributed by atoms with Crippen molar-refractivity contribution in [3.05, 3.63) is 102 Å². The van der Waals surface area contributed by atoms with Gasteiger partial charge in [0, 0.05) is 29.6 Å². The molecule has 4 aromatic heterocycles. The molecule has 1 N–H and O–H groups in total. The highest BCUT2D eigenvalue weighted by Crippen LogP contribution is 2.28. The van der Waals surface area contributed by atoms with Crippen molar-refractivity contribution in [3.8, 4) is 22.6 Å². The second-order valence-corrected chi connectivity index (χ2v) is 8.16. The average Bonchev–Trinajstić information content (AvgIpc) is 3.28. The molecule has 0 radical (unpaired) electrons. The van der Waals surface area contributed by atoms with Crippen LogP contribution in [0, 0.1) is 18.6 Å². The fourth-order valence-electron chi connectivity index (χ4n) is 3.81. The predicted octanol–water partition coefficient (Wildman–Crippen LogP) is 4.93. The van der Waals surface area contributed by atoms with Gasteiger partial charge in [-0.05, 0) is 31.5 Å². The molecule has 0 saturated heterocycles. The van der Waals surface area contributed by atoms with Crippen LogP contribution in [0.5, 0.6) is 0 Å². The first-order chi connectivity index (χ1) is 16.9. The van der Waals surface area contributed by atoms with E-state index in [4.69, 9.17) is 0 Å². The normalized spacial score (nSPS) is 12.0. The smallest absolute Gasteiger partial charge is 0.253 e. The lowest BCUT2D eigenvalue weighted by atomic mass is 10.1. The third-order valence-corrected chi connectivity index (χ3v) is 5.58. The molecular formula is C26H20F2N6O. The van der Waals surface area contributed by atoms with Crippen molar-refractivity contribution in [2.75, 3.05) is 0 Å². The van der Waals surface area contributed by atoms with Crippen molar-refractivity contribution in [2.45, 2.75) is 19.9 Å². The maximum Gasteiger partial charge on any atom is 0.253 e. The Balaban J connectivity index is 1.60. The average molecular weight is 470 g/mol. The molecule has 0 aliphatic carbocycles. The molecule has 0 spiro atoms. The molecule has 4 heterocycles. The number of aryl methyl sites for hydroxylation is 1. The van der Waals surface area contributed by atoms with Gasteiger partial charge in [0.15, 0.2) is 11.5 Å². The van der Waals surface area contributed by atoms with Crippen molar-refractivity contribution < 1.29 is 13.6 Å². The van der Waals surface area contributed by atoms with E-state index in [9.17, 15) is 13.6 Å². The van der Waals surface area contributed by atoms with Crippen LogP contribution in [-0.4, -0.2) is 30.5 Å². The molecule has 0 saturated carbocycles. The third-order valence-electron chi connectivity index (χ3n) is 5.58. The van der Waals surface area contributed by atoms with Crippen molar-refractivity contribution in [1.29, 1.82) is 0 Å². The van der Waals surface area contributed by atoms with E-state index in [0.717, 1.165) is 23.4 Å². The second kappa shape index (κ2) is 9.02. The highest BCUT2D eigenvalue weighted by molar-refractivity contribution is 5.97. The summed E-state index contributed by atoms with van der Waals surface area (Å²) >= 11 is 0. The third kappa shape index (κ3) is 4.35. The van der Waals surface area contributed by atoms with Gasteiger partial charge in [-0.3, -0.25) is 19.2 Å². The Morgan fingerprint density at radius 3 is 2.51 bits per heavy atom. The number of aromatic nitrogens is 5. The topological polar surface area (TPSA) is 85.1 Å². The van der Waals surface area contributed by atoms with E-state index in [0.29, 0.717) is 28.3 Å². The summed E-state index contributed by atoms with van der Waals surface area (Å²) in [6.45, 7) is 3.52. The molecule has 174 valence electrons. The van der Waals surface area contributed by atoms with Crippen LogP contribution in [0.15, 0.2) is 73.2 Å². The monoisotopic (exact) mass is 470 g/mol. The lowest BCUT2D eigenvalue weighted by molar-refractivity contribution is 0.0938. The molecule has 5 rings (SSSR count). The molecule has 0 fully saturated rings. The fourth-order valence-corrected chi connectivity index (χ4v) is 3.81. The Labute approximate surface area is 199 Å². The first kappa shape index (κ1) is 22.3. The van der Waals surface area contributed by atoms with E-state index in [1.807, 2.05) is 49.4 Å². The second-order valence-electron chi connectivity index (χ2n) is 8.16. The number of carbonyl (C=O) groups is 1. The van der Waals surface area contributed by atoms with Gasteiger partial charge in [0.25, 0.3) is 5.91 Å². The van der Waals surface area contributed by atoms with Gasteiger partial charge in [0.1, 0.15) is 11.6 Å². The van der Waals surface area contributed by atoms with Gasteiger partial charge in [-0.1, -0.05) is 36.4 Å². The van der Waals surface area contributed by atoms with Gasteiger partial charge in [-0.25, -0.2) is 8.78 Å². The van der Waals surface area contributed by atoms with Crippen LogP contribution >= 0.6 is 0 Å². The molecule has 9 heteroatoms. The molecule has 0 aliphatic rings. The SMILES string of the molecule is Cc1ccc(-c2cc(C(=O)NC(C)c3ncc(F)cc3F)cn3c(-c4ccccc4)nnc23)nc1. The summed E-state index contributed by atoms with van der Waals surface area (Å²) in [5.41, 5.74) is 3.83. The van der Waals surface area contributed by atoms with E-state index < -0.39 is 23.6 Å². The molecule has 35 heavy (non-hydrogen) atoms. The molecule has 0 bridgehead atoms. The predicted molar refractivity (Wildman–Crippen MR) is 126 cm³/mol. The molecule has 5 aromatic rings. The first-order valence-corrected chi connectivity index (χ1v) is 10.9. The fraction of sp³-hybridized carbons (Fsp3) is 0.115. The van der Waals surface area contributed by atoms with E-state index in [-0.39, 0.29) is 5.69 Å². The number of fused-ring (bicyclic) bond motifs is 1. The molecule has 0 aliphatic heterocycles. The Bertz CT molecular complexity index is 1530. The van der Waals surface area contributed by atoms with Crippen molar-refractivity contribution in [1.82, 2.24) is 29.9 Å². The first-order valence-electron chi connectivity index (χ1n) is 10.9. The maximum atomic E-state index is 14.2. The van der Waals surface area contributed by atoms with Gasteiger partial charge >= 0.3 is 0 Å². The summed E-state index contributed by atoms with van der Waals surface area (Å²) in [6, 6.07) is 14.9. The van der Waals surface area contributed by atoms with Gasteiger partial charge in [-0.15, -0.1) is 10.2 Å². The maximum absolute atomic E-state index is 14.2. The van der Waals surface area contributed by atoms with Crippen LogP contribution in [0.2, 0.25) is 0 Å². The lowest BCUT2D eigenvalue weighted by Crippen LogP contribution is -2.28. The number of carbonyl (C=O) groups excluding carboxylic acids is 1. The summed E-state index contributed by atoms with van der Waals surface area (Å²) in [6.07, 6.45) is 4.28. The quantitative estimate of drug-likeness (QED) is 0.394. The molecule has 7 nitrogen and oxygen atoms in total.